The fraction of sp³-hybridized carbons (Fsp3) is 0.318. The van der Waals surface area contributed by atoms with Crippen LogP contribution in [0.1, 0.15) is 35.1 Å². The molecule has 3 heterocycles. The van der Waals surface area contributed by atoms with Crippen LogP contribution in [0.4, 0.5) is 5.69 Å². The number of aryl methyl sites for hydroxylation is 2. The molecule has 3 heteroatoms. The average molecular weight is 331 g/mol. The second kappa shape index (κ2) is 5.76. The molecular weight excluding hydrogens is 310 g/mol. The molecule has 0 spiro atoms. The third-order valence-electron chi connectivity index (χ3n) is 5.55. The van der Waals surface area contributed by atoms with Crippen molar-refractivity contribution in [2.45, 2.75) is 32.1 Å². The number of hydrogen-bond donors (Lipinski definition) is 0. The molecule has 2 aliphatic heterocycles. The largest absolute Gasteiger partial charge is 0.422 e. The molecule has 0 atom stereocenters. The number of rotatable bonds is 2. The molecular formula is C22H21NO2. The summed E-state index contributed by atoms with van der Waals surface area (Å²) in [5.74, 6) is 0. The van der Waals surface area contributed by atoms with Crippen LogP contribution in [0.5, 0.6) is 0 Å². The van der Waals surface area contributed by atoms with Crippen molar-refractivity contribution in [3.8, 4) is 0 Å². The fourth-order valence-electron chi connectivity index (χ4n) is 4.50. The molecule has 0 saturated heterocycles. The van der Waals surface area contributed by atoms with E-state index >= 15 is 0 Å². The van der Waals surface area contributed by atoms with Crippen LogP contribution in [0.2, 0.25) is 0 Å². The SMILES string of the molecule is O=c1cc(Cc2ccccc2)c2cc3c4c(c2o1)CCCN4CCC3. The van der Waals surface area contributed by atoms with Gasteiger partial charge in [0.25, 0.3) is 0 Å². The first-order chi connectivity index (χ1) is 12.3. The molecule has 25 heavy (non-hydrogen) atoms. The summed E-state index contributed by atoms with van der Waals surface area (Å²) in [4.78, 5) is 14.7. The van der Waals surface area contributed by atoms with E-state index < -0.39 is 0 Å². The molecule has 0 unspecified atom stereocenters. The van der Waals surface area contributed by atoms with Crippen LogP contribution < -0.4 is 10.5 Å². The molecule has 1 aromatic heterocycles. The normalized spacial score (nSPS) is 16.1. The Bertz CT molecular complexity index is 1000. The molecule has 0 bridgehead atoms. The summed E-state index contributed by atoms with van der Waals surface area (Å²) in [6.07, 6.45) is 5.25. The van der Waals surface area contributed by atoms with E-state index in [1.54, 1.807) is 6.07 Å². The first kappa shape index (κ1) is 14.8. The molecule has 3 aromatic rings. The third-order valence-corrected chi connectivity index (χ3v) is 5.55. The van der Waals surface area contributed by atoms with Gasteiger partial charge in [0.15, 0.2) is 0 Å². The van der Waals surface area contributed by atoms with E-state index in [2.05, 4.69) is 23.1 Å². The Morgan fingerprint density at radius 3 is 2.64 bits per heavy atom. The maximum Gasteiger partial charge on any atom is 0.336 e. The summed E-state index contributed by atoms with van der Waals surface area (Å²) in [6, 6.07) is 14.3. The molecule has 0 saturated carbocycles. The highest BCUT2D eigenvalue weighted by atomic mass is 16.4. The number of benzene rings is 2. The van der Waals surface area contributed by atoms with Crippen molar-refractivity contribution < 1.29 is 4.42 Å². The Labute approximate surface area is 146 Å². The van der Waals surface area contributed by atoms with Crippen LogP contribution in [-0.2, 0) is 19.3 Å². The van der Waals surface area contributed by atoms with Gasteiger partial charge in [-0.25, -0.2) is 4.79 Å². The van der Waals surface area contributed by atoms with Gasteiger partial charge in [-0.3, -0.25) is 0 Å². The molecule has 0 N–H and O–H groups in total. The lowest BCUT2D eigenvalue weighted by Gasteiger charge is -2.37. The van der Waals surface area contributed by atoms with Crippen LogP contribution in [0.15, 0.2) is 51.7 Å². The van der Waals surface area contributed by atoms with E-state index in [-0.39, 0.29) is 5.63 Å². The van der Waals surface area contributed by atoms with Crippen LogP contribution >= 0.6 is 0 Å². The Morgan fingerprint density at radius 2 is 1.80 bits per heavy atom. The van der Waals surface area contributed by atoms with Crippen molar-refractivity contribution in [2.75, 3.05) is 18.0 Å². The predicted octanol–water partition coefficient (Wildman–Crippen LogP) is 4.08. The molecule has 2 aromatic carbocycles. The Morgan fingerprint density at radius 1 is 1.00 bits per heavy atom. The summed E-state index contributed by atoms with van der Waals surface area (Å²) in [7, 11) is 0. The summed E-state index contributed by atoms with van der Waals surface area (Å²) in [5.41, 5.74) is 6.93. The van der Waals surface area contributed by atoms with Crippen LogP contribution in [0.25, 0.3) is 11.0 Å². The molecule has 126 valence electrons. The van der Waals surface area contributed by atoms with Crippen LogP contribution in [0.3, 0.4) is 0 Å². The topological polar surface area (TPSA) is 33.5 Å². The highest BCUT2D eigenvalue weighted by molar-refractivity contribution is 5.90. The number of nitrogens with zero attached hydrogens (tertiary/aromatic N) is 1. The van der Waals surface area contributed by atoms with Crippen molar-refractivity contribution in [3.05, 3.63) is 75.1 Å². The van der Waals surface area contributed by atoms with Gasteiger partial charge in [0.1, 0.15) is 5.58 Å². The lowest BCUT2D eigenvalue weighted by Crippen LogP contribution is -2.34. The maximum absolute atomic E-state index is 12.2. The van der Waals surface area contributed by atoms with E-state index in [0.717, 1.165) is 55.3 Å². The van der Waals surface area contributed by atoms with Crippen LogP contribution in [-0.4, -0.2) is 13.1 Å². The molecule has 0 aliphatic carbocycles. The zero-order valence-corrected chi connectivity index (χ0v) is 14.3. The highest BCUT2D eigenvalue weighted by Gasteiger charge is 2.27. The van der Waals surface area contributed by atoms with Crippen molar-refractivity contribution in [1.29, 1.82) is 0 Å². The van der Waals surface area contributed by atoms with E-state index in [0.29, 0.717) is 0 Å². The summed E-state index contributed by atoms with van der Waals surface area (Å²) >= 11 is 0. The minimum atomic E-state index is -0.234. The van der Waals surface area contributed by atoms with Gasteiger partial charge in [-0.05, 0) is 54.9 Å². The van der Waals surface area contributed by atoms with Gasteiger partial charge in [0.05, 0.1) is 0 Å². The lowest BCUT2D eigenvalue weighted by molar-refractivity contribution is 0.548. The number of anilines is 1. The minimum Gasteiger partial charge on any atom is -0.422 e. The van der Waals surface area contributed by atoms with Crippen molar-refractivity contribution in [1.82, 2.24) is 0 Å². The quantitative estimate of drug-likeness (QED) is 0.663. The van der Waals surface area contributed by atoms with Gasteiger partial charge in [0, 0.05) is 35.8 Å². The van der Waals surface area contributed by atoms with Gasteiger partial charge >= 0.3 is 5.63 Å². The average Bonchev–Trinajstić information content (AvgIpc) is 2.64. The Hall–Kier alpha value is -2.55. The monoisotopic (exact) mass is 331 g/mol. The van der Waals surface area contributed by atoms with Gasteiger partial charge in [-0.2, -0.15) is 0 Å². The first-order valence-corrected chi connectivity index (χ1v) is 9.20. The molecule has 0 radical (unpaired) electrons. The van der Waals surface area contributed by atoms with E-state index in [4.69, 9.17) is 4.42 Å². The predicted molar refractivity (Wildman–Crippen MR) is 101 cm³/mol. The molecule has 2 aliphatic rings. The summed E-state index contributed by atoms with van der Waals surface area (Å²) in [5, 5.41) is 1.13. The summed E-state index contributed by atoms with van der Waals surface area (Å²) in [6.45, 7) is 2.25. The van der Waals surface area contributed by atoms with Gasteiger partial charge in [-0.1, -0.05) is 30.3 Å². The van der Waals surface area contributed by atoms with E-state index in [1.165, 1.54) is 28.8 Å². The van der Waals surface area contributed by atoms with Crippen molar-refractivity contribution in [2.24, 2.45) is 0 Å². The fourth-order valence-corrected chi connectivity index (χ4v) is 4.50. The molecule has 3 nitrogen and oxygen atoms in total. The second-order valence-corrected chi connectivity index (χ2v) is 7.19. The molecule has 0 fully saturated rings. The Balaban J connectivity index is 1.75. The summed E-state index contributed by atoms with van der Waals surface area (Å²) < 4.78 is 5.73. The van der Waals surface area contributed by atoms with Crippen molar-refractivity contribution in [3.63, 3.8) is 0 Å². The van der Waals surface area contributed by atoms with Gasteiger partial charge in [-0.15, -0.1) is 0 Å². The zero-order chi connectivity index (χ0) is 16.8. The van der Waals surface area contributed by atoms with Crippen LogP contribution in [0, 0.1) is 0 Å². The van der Waals surface area contributed by atoms with Gasteiger partial charge in [0.2, 0.25) is 0 Å². The third kappa shape index (κ3) is 2.46. The van der Waals surface area contributed by atoms with Crippen molar-refractivity contribution >= 4 is 16.7 Å². The van der Waals surface area contributed by atoms with Gasteiger partial charge < -0.3 is 9.32 Å². The molecule has 5 rings (SSSR count). The standard InChI is InChI=1S/C22H21NO2/c24-20-14-17(12-15-6-2-1-3-7-15)19-13-16-8-4-10-23-11-5-9-18(21(16)23)22(19)25-20/h1-3,6-7,13-14H,4-5,8-12H2. The second-order valence-electron chi connectivity index (χ2n) is 7.19. The van der Waals surface area contributed by atoms with E-state index in [1.807, 2.05) is 18.2 Å². The maximum atomic E-state index is 12.2. The minimum absolute atomic E-state index is 0.234. The first-order valence-electron chi connectivity index (χ1n) is 9.20. The molecule has 0 amide bonds. The smallest absolute Gasteiger partial charge is 0.336 e. The Kier molecular flexibility index (Phi) is 3.40. The van der Waals surface area contributed by atoms with E-state index in [9.17, 15) is 4.79 Å². The lowest BCUT2D eigenvalue weighted by atomic mass is 9.88. The number of hydrogen-bond acceptors (Lipinski definition) is 3. The number of fused-ring (bicyclic) bond motifs is 2. The highest BCUT2D eigenvalue weighted by Crippen LogP contribution is 2.40. The zero-order valence-electron chi connectivity index (χ0n) is 14.3.